The molecule has 9 aliphatic rings. The molecule has 8 unspecified atom stereocenters. The van der Waals surface area contributed by atoms with Crippen LogP contribution < -0.4 is 31.9 Å². The van der Waals surface area contributed by atoms with Gasteiger partial charge in [0.25, 0.3) is 0 Å². The molecule has 0 aromatic carbocycles. The van der Waals surface area contributed by atoms with Crippen molar-refractivity contribution in [1.82, 2.24) is 31.9 Å². The molecule has 6 amide bonds. The number of amides is 6. The van der Waals surface area contributed by atoms with Gasteiger partial charge < -0.3 is 60.3 Å². The number of rotatable bonds is 32. The van der Waals surface area contributed by atoms with Crippen molar-refractivity contribution in [3.05, 3.63) is 0 Å². The van der Waals surface area contributed by atoms with Gasteiger partial charge in [0.1, 0.15) is 36.6 Å². The fraction of sp³-hybridized carbons (Fsp3) is 0.939. The molecule has 9 fully saturated rings. The number of carbonyl (C=O) groups excluding carboxylic acids is 6. The SMILES string of the molecule is CC(C)(C)CC(OCC1CCCC1)C(=O)NC(C)(C)C.CC(C)(C)NC(=O)C(CC1CC1)OCC1CCCC1.CC(C)(C)NC(=O)C(CC1CCC1)OCC1CCCC1.CC(C)(C)NC(=O)C(OCC1CCCC1)C(C)(C)C.CC(C)C(OCC1CCCC1)C(=O)NC(C)(C)C.CC1CC1CC(OCC1CCCC1)C(=O)NC(C)(C)C. The van der Waals surface area contributed by atoms with Crippen LogP contribution in [0.1, 0.15) is 405 Å². The van der Waals surface area contributed by atoms with Crippen LogP contribution in [-0.2, 0) is 57.2 Å². The Morgan fingerprint density at radius 3 is 0.759 bits per heavy atom. The second-order valence-electron chi connectivity index (χ2n) is 46.4. The topological polar surface area (TPSA) is 230 Å². The summed E-state index contributed by atoms with van der Waals surface area (Å²) in [5.41, 5.74) is -1.21. The molecule has 0 saturated heterocycles. The summed E-state index contributed by atoms with van der Waals surface area (Å²) in [6.45, 7) is 59.8. The quantitative estimate of drug-likeness (QED) is 0.0370. The molecule has 0 spiro atoms. The van der Waals surface area contributed by atoms with E-state index >= 15 is 0 Å². The van der Waals surface area contributed by atoms with Crippen molar-refractivity contribution in [2.24, 2.45) is 75.9 Å². The molecule has 18 nitrogen and oxygen atoms in total. The third kappa shape index (κ3) is 49.0. The van der Waals surface area contributed by atoms with Gasteiger partial charge in [-0.25, -0.2) is 0 Å². The molecule has 9 rings (SSSR count). The highest BCUT2D eigenvalue weighted by molar-refractivity contribution is 5.84. The Morgan fingerprint density at radius 1 is 0.284 bits per heavy atom. The van der Waals surface area contributed by atoms with E-state index in [1.54, 1.807) is 0 Å². The summed E-state index contributed by atoms with van der Waals surface area (Å²) in [6, 6.07) is 0. The van der Waals surface area contributed by atoms with Crippen LogP contribution in [0.3, 0.4) is 0 Å². The molecule has 0 aliphatic heterocycles. The van der Waals surface area contributed by atoms with Crippen LogP contribution in [0.15, 0.2) is 0 Å². The lowest BCUT2D eigenvalue weighted by Gasteiger charge is -2.33. The molecular weight excluding hydrogens is 1450 g/mol. The van der Waals surface area contributed by atoms with Crippen LogP contribution in [0.25, 0.3) is 0 Å². The molecule has 0 aromatic heterocycles. The van der Waals surface area contributed by atoms with E-state index in [9.17, 15) is 28.8 Å². The third-order valence-corrected chi connectivity index (χ3v) is 23.6. The minimum absolute atomic E-state index is 0.0120. The molecule has 0 aromatic rings. The van der Waals surface area contributed by atoms with Crippen LogP contribution in [0.5, 0.6) is 0 Å². The lowest BCUT2D eigenvalue weighted by atomic mass is 9.81. The van der Waals surface area contributed by atoms with E-state index in [2.05, 4.69) is 80.4 Å². The highest BCUT2D eigenvalue weighted by Crippen LogP contribution is 2.43. The lowest BCUT2D eigenvalue weighted by Crippen LogP contribution is -2.51. The number of ether oxygens (including phenoxy) is 6. The van der Waals surface area contributed by atoms with Crippen LogP contribution in [0.2, 0.25) is 0 Å². The first-order valence-corrected chi connectivity index (χ1v) is 47.3. The van der Waals surface area contributed by atoms with Crippen molar-refractivity contribution >= 4 is 35.4 Å². The van der Waals surface area contributed by atoms with E-state index in [1.807, 2.05) is 138 Å². The highest BCUT2D eigenvalue weighted by atomic mass is 16.5. The van der Waals surface area contributed by atoms with Crippen molar-refractivity contribution in [3.63, 3.8) is 0 Å². The lowest BCUT2D eigenvalue weighted by molar-refractivity contribution is -0.143. The zero-order chi connectivity index (χ0) is 87.0. The highest BCUT2D eigenvalue weighted by Gasteiger charge is 2.40. The first-order chi connectivity index (χ1) is 53.7. The summed E-state index contributed by atoms with van der Waals surface area (Å²) in [6.07, 6.45) is 40.4. The maximum absolute atomic E-state index is 12.4. The minimum atomic E-state index is -0.368. The molecule has 6 N–H and O–H groups in total. The molecule has 9 aliphatic carbocycles. The van der Waals surface area contributed by atoms with Crippen LogP contribution in [-0.4, -0.2) is 145 Å². The first kappa shape index (κ1) is 105. The van der Waals surface area contributed by atoms with Crippen LogP contribution >= 0.6 is 0 Å². The molecule has 116 heavy (non-hydrogen) atoms. The van der Waals surface area contributed by atoms with Gasteiger partial charge in [0.05, 0.1) is 39.6 Å². The Balaban J connectivity index is 0.000000293. The molecule has 9 saturated carbocycles. The average Bonchev–Trinajstić information content (AvgIpc) is 1.56. The molecule has 8 atom stereocenters. The van der Waals surface area contributed by atoms with E-state index in [1.165, 1.54) is 193 Å². The largest absolute Gasteiger partial charge is 0.368 e. The number of nitrogens with one attached hydrogen (secondary N) is 6. The van der Waals surface area contributed by atoms with Gasteiger partial charge in [-0.05, 0) is 310 Å². The van der Waals surface area contributed by atoms with Crippen LogP contribution in [0, 0.1) is 75.9 Å². The van der Waals surface area contributed by atoms with E-state index in [0.717, 1.165) is 77.2 Å². The van der Waals surface area contributed by atoms with Gasteiger partial charge >= 0.3 is 0 Å². The monoisotopic (exact) mass is 1640 g/mol. The predicted octanol–water partition coefficient (Wildman–Crippen LogP) is 21.0. The Bertz CT molecular complexity index is 2710. The van der Waals surface area contributed by atoms with Gasteiger partial charge in [0.15, 0.2) is 0 Å². The van der Waals surface area contributed by atoms with Crippen molar-refractivity contribution in [1.29, 1.82) is 0 Å². The molecule has 18 heteroatoms. The molecule has 0 radical (unpaired) electrons. The van der Waals surface area contributed by atoms with E-state index in [0.29, 0.717) is 47.3 Å². The van der Waals surface area contributed by atoms with Crippen molar-refractivity contribution in [2.45, 2.75) is 475 Å². The minimum Gasteiger partial charge on any atom is -0.368 e. The normalized spacial score (nSPS) is 21.9. The summed E-state index contributed by atoms with van der Waals surface area (Å²) < 4.78 is 35.9. The summed E-state index contributed by atoms with van der Waals surface area (Å²) in [7, 11) is 0. The molecular formula is C98H184N6O12. The summed E-state index contributed by atoms with van der Waals surface area (Å²) in [5.74, 6) is 7.42. The van der Waals surface area contributed by atoms with Gasteiger partial charge in [0, 0.05) is 33.2 Å². The van der Waals surface area contributed by atoms with E-state index in [-0.39, 0.29) is 122 Å². The Morgan fingerprint density at radius 2 is 0.517 bits per heavy atom. The average molecular weight is 1640 g/mol. The summed E-state index contributed by atoms with van der Waals surface area (Å²) in [5, 5.41) is 18.3. The van der Waals surface area contributed by atoms with Gasteiger partial charge in [-0.1, -0.05) is 171 Å². The standard InChI is InChI=1S/2C17H31NO2.C17H33NO2.C16H29NO2.C16H31NO2.C15H29NO2/c1-12-9-14(12)10-15(16(19)18-17(2,3)4)20-11-13-7-5-6-8-13;1-17(2,3)18-16(19)15(11-13-9-6-10-13)20-12-14-7-4-5-8-14;1-16(2,3)11-14(15(19)18-17(4,5)6)20-12-13-9-7-8-10-13;1-16(2,3)17-15(18)14(10-12-8-9-12)19-11-13-6-4-5-7-13;1-15(2,3)13(14(18)17-16(4,5)6)19-11-12-9-7-8-10-12;1-11(2)13(14(17)16-15(3,4)5)18-10-12-8-6-7-9-12/h12-15H,5-11H2,1-4H3,(H,18,19);13-15H,4-12H2,1-3H3,(H,18,19);13-14H,7-12H2,1-6H3,(H,18,19);12-14H,4-11H2,1-3H3,(H,17,18);12-13H,7-11H2,1-6H3,(H,17,18);11-13H,6-10H2,1-5H3,(H,16,17). The van der Waals surface area contributed by atoms with Crippen molar-refractivity contribution < 1.29 is 57.2 Å². The zero-order valence-electron chi connectivity index (χ0n) is 80.0. The summed E-state index contributed by atoms with van der Waals surface area (Å²) in [4.78, 5) is 74.0. The maximum atomic E-state index is 12.4. The van der Waals surface area contributed by atoms with Gasteiger partial charge in [-0.2, -0.15) is 0 Å². The van der Waals surface area contributed by atoms with Gasteiger partial charge in [0.2, 0.25) is 35.4 Å². The Labute approximate surface area is 711 Å². The number of carbonyl (C=O) groups is 6. The fourth-order valence-electron chi connectivity index (χ4n) is 16.7. The maximum Gasteiger partial charge on any atom is 0.250 e. The fourth-order valence-corrected chi connectivity index (χ4v) is 16.7. The van der Waals surface area contributed by atoms with Crippen molar-refractivity contribution in [2.75, 3.05) is 39.6 Å². The first-order valence-electron chi connectivity index (χ1n) is 47.3. The smallest absolute Gasteiger partial charge is 0.250 e. The predicted molar refractivity (Wildman–Crippen MR) is 477 cm³/mol. The summed E-state index contributed by atoms with van der Waals surface area (Å²) >= 11 is 0. The number of hydrogen-bond donors (Lipinski definition) is 6. The second-order valence-corrected chi connectivity index (χ2v) is 46.4. The Hall–Kier alpha value is -3.42. The number of hydrogen-bond acceptors (Lipinski definition) is 12. The van der Waals surface area contributed by atoms with Crippen molar-refractivity contribution in [3.8, 4) is 0 Å². The van der Waals surface area contributed by atoms with E-state index in [4.69, 9.17) is 28.4 Å². The van der Waals surface area contributed by atoms with Gasteiger partial charge in [-0.3, -0.25) is 28.8 Å². The zero-order valence-corrected chi connectivity index (χ0v) is 80.0. The van der Waals surface area contributed by atoms with Gasteiger partial charge in [-0.15, -0.1) is 0 Å². The Kier molecular flexibility index (Phi) is 45.0. The second kappa shape index (κ2) is 49.8. The van der Waals surface area contributed by atoms with E-state index < -0.39 is 0 Å². The molecule has 0 bridgehead atoms. The molecule has 678 valence electrons. The molecule has 0 heterocycles. The third-order valence-electron chi connectivity index (χ3n) is 23.6. The van der Waals surface area contributed by atoms with Crippen LogP contribution in [0.4, 0.5) is 0 Å².